The van der Waals surface area contributed by atoms with Gasteiger partial charge in [-0.15, -0.1) is 0 Å². The Morgan fingerprint density at radius 1 is 1.11 bits per heavy atom. The molecule has 0 amide bonds. The van der Waals surface area contributed by atoms with E-state index in [0.29, 0.717) is 0 Å². The Morgan fingerprint density at radius 3 is 2.44 bits per heavy atom. The van der Waals surface area contributed by atoms with Gasteiger partial charge in [0.15, 0.2) is 0 Å². The highest BCUT2D eigenvalue weighted by Crippen LogP contribution is 2.14. The number of rotatable bonds is 4. The van der Waals surface area contributed by atoms with Crippen LogP contribution in [0.3, 0.4) is 0 Å². The lowest BCUT2D eigenvalue weighted by Crippen LogP contribution is -2.04. The SMILES string of the molecule is CNc1cc(NCc2ccc(Br)cc2)nc(C)n1. The summed E-state index contributed by atoms with van der Waals surface area (Å²) in [5.74, 6) is 2.40. The zero-order valence-electron chi connectivity index (χ0n) is 10.4. The maximum Gasteiger partial charge on any atom is 0.132 e. The molecular weight excluding hydrogens is 292 g/mol. The molecule has 4 nitrogen and oxygen atoms in total. The topological polar surface area (TPSA) is 49.8 Å². The van der Waals surface area contributed by atoms with Gasteiger partial charge in [0.1, 0.15) is 17.5 Å². The summed E-state index contributed by atoms with van der Waals surface area (Å²) in [6.45, 7) is 2.62. The van der Waals surface area contributed by atoms with Crippen molar-refractivity contribution in [2.45, 2.75) is 13.5 Å². The highest BCUT2D eigenvalue weighted by molar-refractivity contribution is 9.10. The Hall–Kier alpha value is -1.62. The molecule has 0 aliphatic heterocycles. The van der Waals surface area contributed by atoms with Gasteiger partial charge in [0.05, 0.1) is 0 Å². The van der Waals surface area contributed by atoms with E-state index in [9.17, 15) is 0 Å². The zero-order chi connectivity index (χ0) is 13.0. The number of hydrogen-bond donors (Lipinski definition) is 2. The van der Waals surface area contributed by atoms with Gasteiger partial charge in [0, 0.05) is 24.1 Å². The second-order valence-corrected chi connectivity index (χ2v) is 4.83. The fraction of sp³-hybridized carbons (Fsp3) is 0.231. The van der Waals surface area contributed by atoms with Gasteiger partial charge in [-0.25, -0.2) is 9.97 Å². The molecule has 0 radical (unpaired) electrons. The van der Waals surface area contributed by atoms with Crippen molar-refractivity contribution in [2.24, 2.45) is 0 Å². The Balaban J connectivity index is 2.05. The number of nitrogens with zero attached hydrogens (tertiary/aromatic N) is 2. The van der Waals surface area contributed by atoms with E-state index in [4.69, 9.17) is 0 Å². The van der Waals surface area contributed by atoms with Crippen molar-refractivity contribution in [2.75, 3.05) is 17.7 Å². The van der Waals surface area contributed by atoms with E-state index in [2.05, 4.69) is 48.7 Å². The van der Waals surface area contributed by atoms with Gasteiger partial charge in [-0.2, -0.15) is 0 Å². The molecule has 0 saturated carbocycles. The summed E-state index contributed by atoms with van der Waals surface area (Å²) < 4.78 is 1.08. The van der Waals surface area contributed by atoms with E-state index < -0.39 is 0 Å². The van der Waals surface area contributed by atoms with Gasteiger partial charge >= 0.3 is 0 Å². The largest absolute Gasteiger partial charge is 0.373 e. The van der Waals surface area contributed by atoms with Gasteiger partial charge in [-0.05, 0) is 24.6 Å². The molecule has 0 aliphatic carbocycles. The minimum absolute atomic E-state index is 0.743. The second-order valence-electron chi connectivity index (χ2n) is 3.92. The fourth-order valence-corrected chi connectivity index (χ4v) is 1.85. The van der Waals surface area contributed by atoms with Crippen LogP contribution in [-0.4, -0.2) is 17.0 Å². The molecule has 1 heterocycles. The molecule has 0 aliphatic rings. The smallest absolute Gasteiger partial charge is 0.132 e. The maximum absolute atomic E-state index is 4.34. The van der Waals surface area contributed by atoms with Gasteiger partial charge in [0.2, 0.25) is 0 Å². The maximum atomic E-state index is 4.34. The average molecular weight is 307 g/mol. The molecule has 0 fully saturated rings. The summed E-state index contributed by atoms with van der Waals surface area (Å²) in [5.41, 5.74) is 1.21. The van der Waals surface area contributed by atoms with Crippen molar-refractivity contribution in [1.29, 1.82) is 0 Å². The third kappa shape index (κ3) is 3.43. The van der Waals surface area contributed by atoms with E-state index in [0.717, 1.165) is 28.5 Å². The monoisotopic (exact) mass is 306 g/mol. The highest BCUT2D eigenvalue weighted by Gasteiger charge is 2.00. The first kappa shape index (κ1) is 12.8. The zero-order valence-corrected chi connectivity index (χ0v) is 12.0. The van der Waals surface area contributed by atoms with Crippen molar-refractivity contribution < 1.29 is 0 Å². The van der Waals surface area contributed by atoms with Crippen LogP contribution in [0, 0.1) is 6.92 Å². The number of aryl methyl sites for hydroxylation is 1. The van der Waals surface area contributed by atoms with Crippen molar-refractivity contribution in [3.05, 3.63) is 46.2 Å². The number of hydrogen-bond acceptors (Lipinski definition) is 4. The third-order valence-corrected chi connectivity index (χ3v) is 3.01. The molecular formula is C13H15BrN4. The number of halogens is 1. The van der Waals surface area contributed by atoms with Gasteiger partial charge in [0.25, 0.3) is 0 Å². The minimum Gasteiger partial charge on any atom is -0.373 e. The average Bonchev–Trinajstić information content (AvgIpc) is 2.37. The van der Waals surface area contributed by atoms with Crippen molar-refractivity contribution in [3.63, 3.8) is 0 Å². The number of aromatic nitrogens is 2. The van der Waals surface area contributed by atoms with Crippen molar-refractivity contribution >= 4 is 27.6 Å². The molecule has 0 atom stereocenters. The van der Waals surface area contributed by atoms with Crippen molar-refractivity contribution in [3.8, 4) is 0 Å². The molecule has 5 heteroatoms. The summed E-state index contributed by atoms with van der Waals surface area (Å²) in [6.07, 6.45) is 0. The molecule has 0 spiro atoms. The Labute approximate surface area is 115 Å². The van der Waals surface area contributed by atoms with Gasteiger partial charge < -0.3 is 10.6 Å². The normalized spacial score (nSPS) is 10.2. The first-order valence-electron chi connectivity index (χ1n) is 5.69. The van der Waals surface area contributed by atoms with Crippen LogP contribution < -0.4 is 10.6 Å². The summed E-state index contributed by atoms with van der Waals surface area (Å²) >= 11 is 3.42. The molecule has 0 unspecified atom stereocenters. The van der Waals surface area contributed by atoms with E-state index >= 15 is 0 Å². The summed E-state index contributed by atoms with van der Waals surface area (Å²) in [7, 11) is 1.85. The third-order valence-electron chi connectivity index (χ3n) is 2.48. The first-order valence-corrected chi connectivity index (χ1v) is 6.48. The highest BCUT2D eigenvalue weighted by atomic mass is 79.9. The molecule has 18 heavy (non-hydrogen) atoms. The van der Waals surface area contributed by atoms with Gasteiger partial charge in [-0.1, -0.05) is 28.1 Å². The summed E-state index contributed by atoms with van der Waals surface area (Å²) in [6, 6.07) is 10.1. The standard InChI is InChI=1S/C13H15BrN4/c1-9-17-12(15-2)7-13(18-9)16-8-10-3-5-11(14)6-4-10/h3-7H,8H2,1-2H3,(H2,15,16,17,18). The molecule has 94 valence electrons. The van der Waals surface area contributed by atoms with Crippen molar-refractivity contribution in [1.82, 2.24) is 9.97 Å². The quantitative estimate of drug-likeness (QED) is 0.911. The lowest BCUT2D eigenvalue weighted by molar-refractivity contribution is 1.02. The summed E-state index contributed by atoms with van der Waals surface area (Å²) in [4.78, 5) is 8.59. The van der Waals surface area contributed by atoms with Crippen LogP contribution in [-0.2, 0) is 6.54 Å². The van der Waals surface area contributed by atoms with E-state index in [-0.39, 0.29) is 0 Å². The van der Waals surface area contributed by atoms with Crippen LogP contribution in [0.2, 0.25) is 0 Å². The van der Waals surface area contributed by atoms with Crippen LogP contribution >= 0.6 is 15.9 Å². The predicted octanol–water partition coefficient (Wildman–Crippen LogP) is 3.20. The van der Waals surface area contributed by atoms with E-state index in [1.54, 1.807) is 0 Å². The van der Waals surface area contributed by atoms with Crippen LogP contribution in [0.4, 0.5) is 11.6 Å². The number of nitrogens with one attached hydrogen (secondary N) is 2. The van der Waals surface area contributed by atoms with Crippen LogP contribution in [0.25, 0.3) is 0 Å². The lowest BCUT2D eigenvalue weighted by atomic mass is 10.2. The lowest BCUT2D eigenvalue weighted by Gasteiger charge is -2.08. The first-order chi connectivity index (χ1) is 8.67. The van der Waals surface area contributed by atoms with E-state index in [1.807, 2.05) is 32.2 Å². The van der Waals surface area contributed by atoms with Gasteiger partial charge in [-0.3, -0.25) is 0 Å². The summed E-state index contributed by atoms with van der Waals surface area (Å²) in [5, 5.41) is 6.31. The van der Waals surface area contributed by atoms with Crippen LogP contribution in [0.5, 0.6) is 0 Å². The molecule has 2 N–H and O–H groups in total. The minimum atomic E-state index is 0.743. The van der Waals surface area contributed by atoms with Crippen LogP contribution in [0.1, 0.15) is 11.4 Å². The fourth-order valence-electron chi connectivity index (χ4n) is 1.58. The molecule has 0 bridgehead atoms. The number of benzene rings is 1. The van der Waals surface area contributed by atoms with E-state index in [1.165, 1.54) is 5.56 Å². The number of anilines is 2. The Kier molecular flexibility index (Phi) is 4.15. The molecule has 2 aromatic rings. The molecule has 0 saturated heterocycles. The van der Waals surface area contributed by atoms with Crippen LogP contribution in [0.15, 0.2) is 34.8 Å². The molecule has 2 rings (SSSR count). The Bertz CT molecular complexity index is 525. The molecule has 1 aromatic carbocycles. The molecule has 1 aromatic heterocycles. The predicted molar refractivity (Wildman–Crippen MR) is 77.8 cm³/mol. The Morgan fingerprint density at radius 2 is 1.78 bits per heavy atom. The second kappa shape index (κ2) is 5.82.